The van der Waals surface area contributed by atoms with Crippen molar-refractivity contribution in [3.8, 4) is 11.5 Å². The number of carboxylic acids is 1. The van der Waals surface area contributed by atoms with Crippen molar-refractivity contribution in [1.82, 2.24) is 5.32 Å². The van der Waals surface area contributed by atoms with E-state index in [1.165, 1.54) is 36.4 Å². The topological polar surface area (TPSA) is 122 Å². The van der Waals surface area contributed by atoms with Crippen LogP contribution in [0.4, 0.5) is 10.5 Å². The second-order valence-electron chi connectivity index (χ2n) is 7.99. The molecule has 3 aromatic carbocycles. The number of benzene rings is 3. The molecule has 0 spiro atoms. The van der Waals surface area contributed by atoms with Crippen molar-refractivity contribution < 1.29 is 33.8 Å². The van der Waals surface area contributed by atoms with Gasteiger partial charge in [0.05, 0.1) is 22.9 Å². The molecule has 0 saturated carbocycles. The molecule has 1 fully saturated rings. The SMILES string of the molecule is CCOc1cc(/C=C2\C(=O)NC(=O)N(c3ccc(C(=O)O)cc3)C2=O)cc(Cl)c1OCc1ccc(Cl)cc1. The first kappa shape index (κ1) is 26.7. The molecular weight excluding hydrogens is 535 g/mol. The van der Waals surface area contributed by atoms with Gasteiger partial charge in [0.25, 0.3) is 11.8 Å². The van der Waals surface area contributed by atoms with Crippen LogP contribution in [0.2, 0.25) is 10.0 Å². The maximum Gasteiger partial charge on any atom is 0.335 e. The smallest absolute Gasteiger partial charge is 0.335 e. The van der Waals surface area contributed by atoms with Crippen LogP contribution < -0.4 is 19.7 Å². The largest absolute Gasteiger partial charge is 0.490 e. The first-order valence-corrected chi connectivity index (χ1v) is 12.0. The van der Waals surface area contributed by atoms with E-state index >= 15 is 0 Å². The molecule has 38 heavy (non-hydrogen) atoms. The molecule has 194 valence electrons. The standard InChI is InChI=1S/C27H20Cl2N2O7/c1-2-37-22-13-16(12-21(29)23(22)38-14-15-3-7-18(28)8-4-15)11-20-24(32)30-27(36)31(25(20)33)19-9-5-17(6-10-19)26(34)35/h3-13H,2,14H2,1H3,(H,34,35)(H,30,32,36)/b20-11+. The fraction of sp³-hybridized carbons (Fsp3) is 0.111. The zero-order valence-corrected chi connectivity index (χ0v) is 21.4. The zero-order chi connectivity index (χ0) is 27.4. The fourth-order valence-corrected chi connectivity index (χ4v) is 4.02. The van der Waals surface area contributed by atoms with Gasteiger partial charge in [0, 0.05) is 5.02 Å². The summed E-state index contributed by atoms with van der Waals surface area (Å²) in [5, 5.41) is 12.0. The molecule has 0 aliphatic carbocycles. The number of nitrogens with one attached hydrogen (secondary N) is 1. The van der Waals surface area contributed by atoms with Crippen LogP contribution in [0.3, 0.4) is 0 Å². The second kappa shape index (κ2) is 11.4. The Bertz CT molecular complexity index is 1450. The minimum Gasteiger partial charge on any atom is -0.490 e. The molecule has 2 N–H and O–H groups in total. The molecule has 1 saturated heterocycles. The van der Waals surface area contributed by atoms with Gasteiger partial charge in [-0.3, -0.25) is 14.9 Å². The fourth-order valence-electron chi connectivity index (χ4n) is 3.62. The lowest BCUT2D eigenvalue weighted by atomic mass is 10.1. The van der Waals surface area contributed by atoms with E-state index in [9.17, 15) is 19.2 Å². The molecule has 11 heteroatoms. The van der Waals surface area contributed by atoms with Crippen LogP contribution in [0, 0.1) is 0 Å². The highest BCUT2D eigenvalue weighted by atomic mass is 35.5. The van der Waals surface area contributed by atoms with Gasteiger partial charge in [0.1, 0.15) is 12.2 Å². The molecule has 0 radical (unpaired) electrons. The van der Waals surface area contributed by atoms with Gasteiger partial charge < -0.3 is 14.6 Å². The lowest BCUT2D eigenvalue weighted by Gasteiger charge is -2.26. The number of rotatable bonds is 8. The Balaban J connectivity index is 1.64. The molecular formula is C27H20Cl2N2O7. The van der Waals surface area contributed by atoms with Crippen LogP contribution in [0.15, 0.2) is 66.2 Å². The molecule has 4 amide bonds. The number of carboxylic acid groups (broad SMARTS) is 1. The Hall–Kier alpha value is -4.34. The summed E-state index contributed by atoms with van der Waals surface area (Å²) >= 11 is 12.4. The third-order valence-corrected chi connectivity index (χ3v) is 5.95. The van der Waals surface area contributed by atoms with Crippen molar-refractivity contribution in [3.05, 3.63) is 93.0 Å². The number of carbonyl (C=O) groups excluding carboxylic acids is 3. The van der Waals surface area contributed by atoms with E-state index < -0.39 is 23.8 Å². The predicted octanol–water partition coefficient (Wildman–Crippen LogP) is 5.34. The van der Waals surface area contributed by atoms with E-state index in [4.69, 9.17) is 37.8 Å². The number of urea groups is 1. The summed E-state index contributed by atoms with van der Waals surface area (Å²) in [4.78, 5) is 50.0. The lowest BCUT2D eigenvalue weighted by Crippen LogP contribution is -2.54. The van der Waals surface area contributed by atoms with E-state index in [1.807, 2.05) is 12.1 Å². The number of halogens is 2. The van der Waals surface area contributed by atoms with Gasteiger partial charge in [0.2, 0.25) is 0 Å². The van der Waals surface area contributed by atoms with Crippen LogP contribution in [0.5, 0.6) is 11.5 Å². The van der Waals surface area contributed by atoms with Crippen LogP contribution >= 0.6 is 23.2 Å². The summed E-state index contributed by atoms with van der Waals surface area (Å²) in [6.45, 7) is 2.26. The monoisotopic (exact) mass is 554 g/mol. The maximum absolute atomic E-state index is 13.2. The summed E-state index contributed by atoms with van der Waals surface area (Å²) in [6.07, 6.45) is 1.28. The Kier molecular flexibility index (Phi) is 7.99. The molecule has 0 aromatic heterocycles. The quantitative estimate of drug-likeness (QED) is 0.284. The predicted molar refractivity (Wildman–Crippen MR) is 141 cm³/mol. The third-order valence-electron chi connectivity index (χ3n) is 5.41. The lowest BCUT2D eigenvalue weighted by molar-refractivity contribution is -0.122. The van der Waals surface area contributed by atoms with Crippen molar-refractivity contribution in [2.75, 3.05) is 11.5 Å². The summed E-state index contributed by atoms with van der Waals surface area (Å²) in [6, 6.07) is 14.3. The number of barbiturate groups is 1. The highest BCUT2D eigenvalue weighted by Crippen LogP contribution is 2.38. The molecule has 1 aliphatic heterocycles. The number of amides is 4. The maximum atomic E-state index is 13.2. The van der Waals surface area contributed by atoms with Crippen LogP contribution in [0.25, 0.3) is 6.08 Å². The number of aromatic carboxylic acids is 1. The molecule has 3 aromatic rings. The summed E-state index contributed by atoms with van der Waals surface area (Å²) in [7, 11) is 0. The molecule has 0 bridgehead atoms. The van der Waals surface area contributed by atoms with Crippen molar-refractivity contribution in [1.29, 1.82) is 0 Å². The van der Waals surface area contributed by atoms with Gasteiger partial charge in [-0.15, -0.1) is 0 Å². The van der Waals surface area contributed by atoms with Gasteiger partial charge in [-0.2, -0.15) is 0 Å². The molecule has 9 nitrogen and oxygen atoms in total. The summed E-state index contributed by atoms with van der Waals surface area (Å²) < 4.78 is 11.6. The number of nitrogens with zero attached hydrogens (tertiary/aromatic N) is 1. The summed E-state index contributed by atoms with van der Waals surface area (Å²) in [5.41, 5.74) is 0.938. The molecule has 1 aliphatic rings. The highest BCUT2D eigenvalue weighted by molar-refractivity contribution is 6.39. The Morgan fingerprint density at radius 3 is 2.32 bits per heavy atom. The van der Waals surface area contributed by atoms with E-state index in [-0.39, 0.29) is 34.2 Å². The summed E-state index contributed by atoms with van der Waals surface area (Å²) in [5.74, 6) is -2.37. The normalized spacial score (nSPS) is 14.4. The Morgan fingerprint density at radius 2 is 1.68 bits per heavy atom. The molecule has 1 heterocycles. The second-order valence-corrected chi connectivity index (χ2v) is 8.83. The van der Waals surface area contributed by atoms with E-state index in [2.05, 4.69) is 5.32 Å². The number of ether oxygens (including phenoxy) is 2. The molecule has 0 unspecified atom stereocenters. The minimum atomic E-state index is -1.16. The van der Waals surface area contributed by atoms with Gasteiger partial charge in [-0.1, -0.05) is 35.3 Å². The number of anilines is 1. The van der Waals surface area contributed by atoms with Crippen molar-refractivity contribution in [3.63, 3.8) is 0 Å². The molecule has 0 atom stereocenters. The average Bonchev–Trinajstić information content (AvgIpc) is 2.87. The third kappa shape index (κ3) is 5.80. The number of imide groups is 2. The van der Waals surface area contributed by atoms with Crippen LogP contribution in [-0.2, 0) is 16.2 Å². The van der Waals surface area contributed by atoms with Gasteiger partial charge in [0.15, 0.2) is 11.5 Å². The van der Waals surface area contributed by atoms with E-state index in [0.717, 1.165) is 10.5 Å². The molecule has 4 rings (SSSR count). The first-order chi connectivity index (χ1) is 18.2. The van der Waals surface area contributed by atoms with Crippen molar-refractivity contribution >= 4 is 58.8 Å². The average molecular weight is 555 g/mol. The van der Waals surface area contributed by atoms with Crippen LogP contribution in [-0.4, -0.2) is 35.5 Å². The number of carbonyl (C=O) groups is 4. The number of hydrogen-bond acceptors (Lipinski definition) is 6. The zero-order valence-electron chi connectivity index (χ0n) is 19.9. The number of hydrogen-bond donors (Lipinski definition) is 2. The minimum absolute atomic E-state index is 0.0260. The van der Waals surface area contributed by atoms with Crippen molar-refractivity contribution in [2.45, 2.75) is 13.5 Å². The van der Waals surface area contributed by atoms with Gasteiger partial charge >= 0.3 is 12.0 Å². The van der Waals surface area contributed by atoms with Crippen molar-refractivity contribution in [2.24, 2.45) is 0 Å². The highest BCUT2D eigenvalue weighted by Gasteiger charge is 2.37. The van der Waals surface area contributed by atoms with Gasteiger partial charge in [-0.05, 0) is 72.7 Å². The Labute approximate surface area is 227 Å². The van der Waals surface area contributed by atoms with E-state index in [0.29, 0.717) is 22.9 Å². The van der Waals surface area contributed by atoms with Crippen LogP contribution in [0.1, 0.15) is 28.4 Å². The van der Waals surface area contributed by atoms with E-state index in [1.54, 1.807) is 25.1 Å². The Morgan fingerprint density at radius 1 is 1.00 bits per heavy atom. The first-order valence-electron chi connectivity index (χ1n) is 11.3. The van der Waals surface area contributed by atoms with Gasteiger partial charge in [-0.25, -0.2) is 14.5 Å².